The van der Waals surface area contributed by atoms with E-state index in [4.69, 9.17) is 5.11 Å². The van der Waals surface area contributed by atoms with Crippen molar-refractivity contribution in [3.63, 3.8) is 0 Å². The van der Waals surface area contributed by atoms with Gasteiger partial charge < -0.3 is 77.9 Å². The van der Waals surface area contributed by atoms with Crippen LogP contribution in [-0.4, -0.2) is 165 Å². The van der Waals surface area contributed by atoms with Gasteiger partial charge in [-0.2, -0.15) is 0 Å². The van der Waals surface area contributed by atoms with Gasteiger partial charge in [0.05, 0.1) is 98.8 Å². The first kappa shape index (κ1) is 52.7. The van der Waals surface area contributed by atoms with E-state index in [9.17, 15) is 64.8 Å². The third-order valence-electron chi connectivity index (χ3n) is 7.41. The zero-order valence-electron chi connectivity index (χ0n) is 29.1. The Morgan fingerprint density at radius 2 is 0.719 bits per heavy atom. The molecule has 0 aliphatic rings. The van der Waals surface area contributed by atoms with Gasteiger partial charge in [0.25, 0.3) is 29.5 Å². The van der Waals surface area contributed by atoms with Crippen molar-refractivity contribution in [2.45, 2.75) is 30.5 Å². The molecule has 0 spiro atoms. The smallest absolute Gasteiger partial charge is 0.255 e. The normalized spacial score (nSPS) is 13.8. The minimum Gasteiger partial charge on any atom is -0.394 e. The van der Waals surface area contributed by atoms with Crippen LogP contribution < -0.4 is 31.9 Å². The average Bonchev–Trinajstić information content (AvgIpc) is 3.17. The fourth-order valence-corrected chi connectivity index (χ4v) is 13.3. The maximum absolute atomic E-state index is 13.7. The molecular weight excluding hydrogens is 1440 g/mol. The molecule has 5 atom stereocenters. The minimum absolute atomic E-state index is 0.0166. The largest absolute Gasteiger partial charge is 0.394 e. The lowest BCUT2D eigenvalue weighted by atomic mass is 10.1. The highest BCUT2D eigenvalue weighted by atomic mass is 127. The maximum atomic E-state index is 13.7. The highest BCUT2D eigenvalue weighted by Crippen LogP contribution is 2.37. The number of carbonyl (C=O) groups excluding carboxylic acids is 5. The van der Waals surface area contributed by atoms with Gasteiger partial charge in [-0.3, -0.25) is 24.0 Å². The number of hydrogen-bond donors (Lipinski definition) is 15. The molecule has 15 N–H and O–H groups in total. The fourth-order valence-electron chi connectivity index (χ4n) is 4.36. The second-order valence-electron chi connectivity index (χ2n) is 11.7. The van der Waals surface area contributed by atoms with Crippen LogP contribution in [0.5, 0.6) is 0 Å². The van der Waals surface area contributed by atoms with Gasteiger partial charge in [-0.25, -0.2) is 0 Å². The predicted molar refractivity (Wildman–Crippen MR) is 254 cm³/mol. The Labute approximate surface area is 406 Å². The number of amides is 5. The number of benzene rings is 2. The number of aliphatic hydroxyl groups is 9. The fraction of sp³-hybridized carbons (Fsp3) is 0.452. The van der Waals surface area contributed by atoms with Gasteiger partial charge in [-0.1, -0.05) is 0 Å². The third kappa shape index (κ3) is 14.6. The molecule has 0 aromatic heterocycles. The number of hydrogen-bond acceptors (Lipinski definition) is 15. The molecule has 0 saturated carbocycles. The highest BCUT2D eigenvalue weighted by molar-refractivity contribution is 14.1. The van der Waals surface area contributed by atoms with Crippen molar-refractivity contribution in [3.05, 3.63) is 43.7 Å². The Balaban J connectivity index is 2.47. The summed E-state index contributed by atoms with van der Waals surface area (Å²) in [6.07, 6.45) is -6.97. The number of carbonyl (C=O) groups is 5. The van der Waals surface area contributed by atoms with Gasteiger partial charge in [0, 0.05) is 39.9 Å². The molecule has 0 radical (unpaired) electrons. The van der Waals surface area contributed by atoms with Gasteiger partial charge in [-0.05, 0) is 136 Å². The van der Waals surface area contributed by atoms with Crippen LogP contribution >= 0.6 is 136 Å². The van der Waals surface area contributed by atoms with E-state index in [1.54, 1.807) is 90.4 Å². The van der Waals surface area contributed by atoms with Crippen LogP contribution in [-0.2, 0) is 4.79 Å². The highest BCUT2D eigenvalue weighted by Gasteiger charge is 2.31. The quantitative estimate of drug-likeness (QED) is 0.0605. The molecule has 0 heterocycles. The minimum atomic E-state index is -1.83. The standard InChI is InChI=1S/C31H38I6N6O14/c32-19-15(28(54)40-3-11(49)6-44)21(34)25(22(35)16(19)29(55)41-4-12(50)7-45)38-1-10(48)2-39-30(56)17-20(33)18(31(57)42-5-13(51)8-46)24(37)26(23(17)36)43-27(53)14(52)9-47/h10-14,38,44-52H,1-9H2,(H,39,56)(H,40,54)(H,41,55)(H,42,57)(H,43,53). The number of aliphatic hydroxyl groups excluding tert-OH is 9. The first-order valence-corrected chi connectivity index (χ1v) is 22.7. The van der Waals surface area contributed by atoms with Crippen LogP contribution in [0.4, 0.5) is 11.4 Å². The first-order chi connectivity index (χ1) is 26.8. The lowest BCUT2D eigenvalue weighted by Crippen LogP contribution is -2.39. The lowest BCUT2D eigenvalue weighted by Gasteiger charge is -2.22. The first-order valence-electron chi connectivity index (χ1n) is 16.2. The third-order valence-corrected chi connectivity index (χ3v) is 13.9. The number of halogens is 6. The summed E-state index contributed by atoms with van der Waals surface area (Å²) in [5.74, 6) is -4.01. The molecule has 26 heteroatoms. The summed E-state index contributed by atoms with van der Waals surface area (Å²) < 4.78 is 1.21. The number of rotatable bonds is 21. The van der Waals surface area contributed by atoms with Gasteiger partial charge in [0.1, 0.15) is 0 Å². The maximum Gasteiger partial charge on any atom is 0.255 e. The van der Waals surface area contributed by atoms with Crippen LogP contribution in [0, 0.1) is 21.4 Å². The van der Waals surface area contributed by atoms with E-state index in [1.807, 2.05) is 45.2 Å². The van der Waals surface area contributed by atoms with Gasteiger partial charge in [-0.15, -0.1) is 0 Å². The SMILES string of the molecule is O=C(NCC(O)CO)c1c(I)c(NCC(O)CNC(=O)c2c(I)c(NC(=O)C(O)CO)c(I)c(C(=O)NCC(O)CO)c2I)c(I)c(C(=O)NCC(O)CO)c1I. The molecule has 5 unspecified atom stereocenters. The summed E-state index contributed by atoms with van der Waals surface area (Å²) in [5.41, 5.74) is 0.0162. The summed E-state index contributed by atoms with van der Waals surface area (Å²) in [6, 6.07) is 0. The molecule has 0 fully saturated rings. The van der Waals surface area contributed by atoms with Crippen molar-refractivity contribution in [2.24, 2.45) is 0 Å². The van der Waals surface area contributed by atoms with Crippen LogP contribution in [0.3, 0.4) is 0 Å². The van der Waals surface area contributed by atoms with Crippen molar-refractivity contribution in [1.29, 1.82) is 0 Å². The molecule has 2 aromatic rings. The summed E-state index contributed by atoms with van der Waals surface area (Å²) in [4.78, 5) is 66.2. The molecule has 0 saturated heterocycles. The number of anilines is 2. The van der Waals surface area contributed by atoms with Gasteiger partial charge in [0.2, 0.25) is 0 Å². The molecule has 318 valence electrons. The Morgan fingerprint density at radius 1 is 0.421 bits per heavy atom. The molecule has 0 aliphatic carbocycles. The van der Waals surface area contributed by atoms with E-state index in [0.29, 0.717) is 7.14 Å². The van der Waals surface area contributed by atoms with E-state index >= 15 is 0 Å². The van der Waals surface area contributed by atoms with Crippen molar-refractivity contribution < 1.29 is 69.9 Å². The molecular formula is C31H38I6N6O14. The molecule has 0 aliphatic heterocycles. The van der Waals surface area contributed by atoms with Crippen molar-refractivity contribution >= 4 is 176 Å². The van der Waals surface area contributed by atoms with Crippen LogP contribution in [0.15, 0.2) is 0 Å². The van der Waals surface area contributed by atoms with Crippen LogP contribution in [0.25, 0.3) is 0 Å². The Bertz CT molecular complexity index is 1760. The van der Waals surface area contributed by atoms with E-state index < -0.39 is 93.0 Å². The van der Waals surface area contributed by atoms with E-state index in [1.165, 1.54) is 0 Å². The Kier molecular flexibility index (Phi) is 23.6. The monoisotopic (exact) mass is 1480 g/mol. The average molecular weight is 1480 g/mol. The molecule has 57 heavy (non-hydrogen) atoms. The topological polar surface area (TPSA) is 340 Å². The van der Waals surface area contributed by atoms with E-state index in [0.717, 1.165) is 0 Å². The summed E-state index contributed by atoms with van der Waals surface area (Å²) in [5, 5.41) is 102. The Hall–Kier alpha value is -0.390. The van der Waals surface area contributed by atoms with Crippen molar-refractivity contribution in [2.75, 3.05) is 69.8 Å². The second kappa shape index (κ2) is 25.5. The van der Waals surface area contributed by atoms with Gasteiger partial charge in [0.15, 0.2) is 6.10 Å². The number of nitrogens with one attached hydrogen (secondary N) is 6. The zero-order chi connectivity index (χ0) is 43.3. The lowest BCUT2D eigenvalue weighted by molar-refractivity contribution is -0.125. The predicted octanol–water partition coefficient (Wildman–Crippen LogP) is -1.94. The van der Waals surface area contributed by atoms with Gasteiger partial charge >= 0.3 is 0 Å². The van der Waals surface area contributed by atoms with E-state index in [-0.39, 0.29) is 74.1 Å². The summed E-state index contributed by atoms with van der Waals surface area (Å²) in [7, 11) is 0. The van der Waals surface area contributed by atoms with Crippen molar-refractivity contribution in [3.8, 4) is 0 Å². The molecule has 0 bridgehead atoms. The van der Waals surface area contributed by atoms with Crippen molar-refractivity contribution in [1.82, 2.24) is 21.3 Å². The molecule has 2 rings (SSSR count). The summed E-state index contributed by atoms with van der Waals surface area (Å²) in [6.45, 7) is -4.43. The second-order valence-corrected chi connectivity index (χ2v) is 18.2. The van der Waals surface area contributed by atoms with E-state index in [2.05, 4.69) is 31.9 Å². The molecule has 20 nitrogen and oxygen atoms in total. The zero-order valence-corrected chi connectivity index (χ0v) is 42.0. The summed E-state index contributed by atoms with van der Waals surface area (Å²) >= 11 is 10.8. The van der Waals surface area contributed by atoms with Crippen LogP contribution in [0.1, 0.15) is 41.4 Å². The van der Waals surface area contributed by atoms with Crippen LogP contribution in [0.2, 0.25) is 0 Å². The molecule has 5 amide bonds. The Morgan fingerprint density at radius 3 is 1.02 bits per heavy atom. The molecule has 2 aromatic carbocycles.